The molecular formula is C15H19NO5S. The minimum absolute atomic E-state index is 0.0749. The molecule has 0 atom stereocenters. The van der Waals surface area contributed by atoms with E-state index in [4.69, 9.17) is 8.92 Å². The lowest BCUT2D eigenvalue weighted by Gasteiger charge is -2.19. The van der Waals surface area contributed by atoms with Gasteiger partial charge in [0.15, 0.2) is 0 Å². The molecule has 0 radical (unpaired) electrons. The molecule has 0 N–H and O–H groups in total. The van der Waals surface area contributed by atoms with Crippen LogP contribution in [0.25, 0.3) is 10.9 Å². The van der Waals surface area contributed by atoms with E-state index in [1.54, 1.807) is 51.2 Å². The maximum Gasteiger partial charge on any atom is 0.418 e. The normalized spacial score (nSPS) is 12.5. The summed E-state index contributed by atoms with van der Waals surface area (Å²) in [5, 5.41) is 0.747. The van der Waals surface area contributed by atoms with E-state index >= 15 is 0 Å². The van der Waals surface area contributed by atoms with Crippen molar-refractivity contribution in [2.45, 2.75) is 33.0 Å². The second kappa shape index (κ2) is 5.73. The van der Waals surface area contributed by atoms with Gasteiger partial charge in [-0.2, -0.15) is 8.42 Å². The van der Waals surface area contributed by atoms with Crippen LogP contribution >= 0.6 is 0 Å². The molecule has 2 rings (SSSR count). The first-order chi connectivity index (χ1) is 10.1. The van der Waals surface area contributed by atoms with Gasteiger partial charge in [-0.15, -0.1) is 0 Å². The van der Waals surface area contributed by atoms with Crippen molar-refractivity contribution in [1.82, 2.24) is 4.57 Å². The third-order valence-corrected chi connectivity index (χ3v) is 3.39. The predicted molar refractivity (Wildman–Crippen MR) is 83.2 cm³/mol. The Morgan fingerprint density at radius 1 is 1.23 bits per heavy atom. The Morgan fingerprint density at radius 2 is 1.91 bits per heavy atom. The van der Waals surface area contributed by atoms with Crippen molar-refractivity contribution < 1.29 is 22.1 Å². The fourth-order valence-electron chi connectivity index (χ4n) is 2.00. The minimum atomic E-state index is -3.52. The van der Waals surface area contributed by atoms with Crippen molar-refractivity contribution in [2.75, 3.05) is 6.26 Å². The molecule has 0 saturated heterocycles. The summed E-state index contributed by atoms with van der Waals surface area (Å²) >= 11 is 0. The highest BCUT2D eigenvalue weighted by Gasteiger charge is 2.19. The van der Waals surface area contributed by atoms with E-state index in [1.807, 2.05) is 0 Å². The van der Waals surface area contributed by atoms with Gasteiger partial charge in [0, 0.05) is 11.6 Å². The zero-order valence-electron chi connectivity index (χ0n) is 13.0. The Kier molecular flexibility index (Phi) is 4.30. The number of hydrogen-bond donors (Lipinski definition) is 0. The van der Waals surface area contributed by atoms with Gasteiger partial charge >= 0.3 is 6.09 Å². The summed E-state index contributed by atoms with van der Waals surface area (Å²) in [5.41, 5.74) is 0.735. The molecule has 0 bridgehead atoms. The van der Waals surface area contributed by atoms with Crippen molar-refractivity contribution in [3.63, 3.8) is 0 Å². The molecule has 0 spiro atoms. The first kappa shape index (κ1) is 16.5. The zero-order valence-corrected chi connectivity index (χ0v) is 13.8. The first-order valence-corrected chi connectivity index (χ1v) is 8.55. The number of ether oxygens (including phenoxy) is 1. The Hall–Kier alpha value is -1.86. The van der Waals surface area contributed by atoms with Crippen molar-refractivity contribution >= 4 is 27.1 Å². The van der Waals surface area contributed by atoms with Crippen molar-refractivity contribution in [3.8, 4) is 0 Å². The van der Waals surface area contributed by atoms with Crippen molar-refractivity contribution in [1.29, 1.82) is 0 Å². The molecule has 0 saturated carbocycles. The van der Waals surface area contributed by atoms with E-state index in [2.05, 4.69) is 0 Å². The maximum atomic E-state index is 12.2. The number of benzene rings is 1. The SMILES string of the molecule is CC(C)(C)OC(=O)n1ccc2c(COS(C)(=O)=O)cccc21. The average Bonchev–Trinajstić information content (AvgIpc) is 2.77. The van der Waals surface area contributed by atoms with Crippen molar-refractivity contribution in [3.05, 3.63) is 36.0 Å². The van der Waals surface area contributed by atoms with E-state index in [1.165, 1.54) is 4.57 Å². The Balaban J connectivity index is 2.35. The van der Waals surface area contributed by atoms with Crippen LogP contribution < -0.4 is 0 Å². The van der Waals surface area contributed by atoms with Crippen LogP contribution in [0.15, 0.2) is 30.5 Å². The number of nitrogens with zero attached hydrogens (tertiary/aromatic N) is 1. The number of fused-ring (bicyclic) bond motifs is 1. The number of aromatic nitrogens is 1. The zero-order chi connectivity index (χ0) is 16.5. The standard InChI is InChI=1S/C15H19NO5S/c1-15(2,3)21-14(17)16-9-8-12-11(6-5-7-13(12)16)10-20-22(4,18)19/h5-9H,10H2,1-4H3. The minimum Gasteiger partial charge on any atom is -0.443 e. The van der Waals surface area contributed by atoms with Crippen LogP contribution in [-0.2, 0) is 25.6 Å². The second-order valence-electron chi connectivity index (χ2n) is 5.98. The van der Waals surface area contributed by atoms with Gasteiger partial charge in [-0.25, -0.2) is 4.79 Å². The average molecular weight is 325 g/mol. The molecule has 6 nitrogen and oxygen atoms in total. The summed E-state index contributed by atoms with van der Waals surface area (Å²) in [6, 6.07) is 7.00. The summed E-state index contributed by atoms with van der Waals surface area (Å²) in [4.78, 5) is 12.2. The van der Waals surface area contributed by atoms with Gasteiger partial charge in [-0.3, -0.25) is 8.75 Å². The molecular weight excluding hydrogens is 306 g/mol. The van der Waals surface area contributed by atoms with Crippen LogP contribution in [0.5, 0.6) is 0 Å². The highest BCUT2D eigenvalue weighted by molar-refractivity contribution is 7.85. The molecule has 0 aliphatic rings. The fourth-order valence-corrected chi connectivity index (χ4v) is 2.34. The number of hydrogen-bond acceptors (Lipinski definition) is 5. The third-order valence-electron chi connectivity index (χ3n) is 2.84. The van der Waals surface area contributed by atoms with Gasteiger partial charge < -0.3 is 4.74 Å². The molecule has 7 heteroatoms. The van der Waals surface area contributed by atoms with E-state index in [9.17, 15) is 13.2 Å². The van der Waals surface area contributed by atoms with Crippen LogP contribution in [0.4, 0.5) is 4.79 Å². The van der Waals surface area contributed by atoms with Crippen LogP contribution in [0, 0.1) is 0 Å². The molecule has 1 aromatic carbocycles. The molecule has 1 heterocycles. The molecule has 0 unspecified atom stereocenters. The van der Waals surface area contributed by atoms with Crippen molar-refractivity contribution in [2.24, 2.45) is 0 Å². The Morgan fingerprint density at radius 3 is 2.50 bits per heavy atom. The van der Waals surface area contributed by atoms with E-state index in [0.29, 0.717) is 11.1 Å². The van der Waals surface area contributed by atoms with E-state index in [-0.39, 0.29) is 6.61 Å². The quantitative estimate of drug-likeness (QED) is 0.811. The monoisotopic (exact) mass is 325 g/mol. The van der Waals surface area contributed by atoms with Gasteiger partial charge in [-0.05, 0) is 38.5 Å². The van der Waals surface area contributed by atoms with Gasteiger partial charge in [0.25, 0.3) is 10.1 Å². The van der Waals surface area contributed by atoms with Gasteiger partial charge in [-0.1, -0.05) is 12.1 Å². The van der Waals surface area contributed by atoms with Crippen LogP contribution in [0.3, 0.4) is 0 Å². The third kappa shape index (κ3) is 4.08. The van der Waals surface area contributed by atoms with E-state index in [0.717, 1.165) is 11.6 Å². The molecule has 0 aliphatic carbocycles. The molecule has 1 aromatic heterocycles. The lowest BCUT2D eigenvalue weighted by molar-refractivity contribution is 0.0544. The summed E-state index contributed by atoms with van der Waals surface area (Å²) in [6.07, 6.45) is 2.12. The Labute approximate surface area is 129 Å². The van der Waals surface area contributed by atoms with Crippen LogP contribution in [-0.4, -0.2) is 30.9 Å². The van der Waals surface area contributed by atoms with Gasteiger partial charge in [0.2, 0.25) is 0 Å². The molecule has 120 valence electrons. The highest BCUT2D eigenvalue weighted by Crippen LogP contribution is 2.22. The fraction of sp³-hybridized carbons (Fsp3) is 0.400. The molecule has 22 heavy (non-hydrogen) atoms. The number of carbonyl (C=O) groups is 1. The second-order valence-corrected chi connectivity index (χ2v) is 7.63. The predicted octanol–water partition coefficient (Wildman–Crippen LogP) is 2.90. The summed E-state index contributed by atoms with van der Waals surface area (Å²) in [6.45, 7) is 5.31. The van der Waals surface area contributed by atoms with Gasteiger partial charge in [0.05, 0.1) is 18.4 Å². The smallest absolute Gasteiger partial charge is 0.418 e. The molecule has 2 aromatic rings. The lowest BCUT2D eigenvalue weighted by Crippen LogP contribution is -2.26. The largest absolute Gasteiger partial charge is 0.443 e. The highest BCUT2D eigenvalue weighted by atomic mass is 32.2. The summed E-state index contributed by atoms with van der Waals surface area (Å²) < 4.78 is 33.8. The van der Waals surface area contributed by atoms with E-state index < -0.39 is 21.8 Å². The maximum absolute atomic E-state index is 12.2. The van der Waals surface area contributed by atoms with Crippen LogP contribution in [0.1, 0.15) is 26.3 Å². The lowest BCUT2D eigenvalue weighted by atomic mass is 10.1. The molecule has 0 fully saturated rings. The van der Waals surface area contributed by atoms with Gasteiger partial charge in [0.1, 0.15) is 5.60 Å². The number of rotatable bonds is 3. The summed E-state index contributed by atoms with van der Waals surface area (Å²) in [5.74, 6) is 0. The Bertz CT molecular complexity index is 799. The molecule has 0 aliphatic heterocycles. The topological polar surface area (TPSA) is 74.6 Å². The first-order valence-electron chi connectivity index (χ1n) is 6.73. The summed E-state index contributed by atoms with van der Waals surface area (Å²) in [7, 11) is -3.52. The number of carbonyl (C=O) groups excluding carboxylic acids is 1. The molecule has 0 amide bonds. The van der Waals surface area contributed by atoms with Crippen LogP contribution in [0.2, 0.25) is 0 Å².